The maximum Gasteiger partial charge on any atom is 0.224 e. The first-order valence-electron chi connectivity index (χ1n) is 9.70. The summed E-state index contributed by atoms with van der Waals surface area (Å²) in [7, 11) is 1.66. The maximum absolute atomic E-state index is 12.5. The second-order valence-corrected chi connectivity index (χ2v) is 7.39. The third kappa shape index (κ3) is 4.71. The third-order valence-corrected chi connectivity index (χ3v) is 5.24. The molecular weight excluding hydrogens is 356 g/mol. The van der Waals surface area contributed by atoms with Gasteiger partial charge < -0.3 is 15.0 Å². The molecule has 2 aromatic rings. The third-order valence-electron chi connectivity index (χ3n) is 5.24. The first kappa shape index (κ1) is 19.9. The Hall–Kier alpha value is -2.83. The number of aromatic amines is 1. The fourth-order valence-corrected chi connectivity index (χ4v) is 3.83. The zero-order valence-corrected chi connectivity index (χ0v) is 16.7. The van der Waals surface area contributed by atoms with Crippen LogP contribution in [-0.2, 0) is 9.59 Å². The van der Waals surface area contributed by atoms with Gasteiger partial charge in [-0.1, -0.05) is 12.1 Å². The number of benzene rings is 1. The topological polar surface area (TPSA) is 87.3 Å². The van der Waals surface area contributed by atoms with Crippen LogP contribution in [0.4, 0.5) is 0 Å². The summed E-state index contributed by atoms with van der Waals surface area (Å²) in [5.41, 5.74) is 3.28. The number of carbonyl (C=O) groups is 2. The zero-order chi connectivity index (χ0) is 20.1. The fraction of sp³-hybridized carbons (Fsp3) is 0.476. The Labute approximate surface area is 165 Å². The van der Waals surface area contributed by atoms with Gasteiger partial charge in [-0.15, -0.1) is 0 Å². The van der Waals surface area contributed by atoms with Crippen LogP contribution in [0, 0.1) is 0 Å². The van der Waals surface area contributed by atoms with E-state index in [0.717, 1.165) is 35.4 Å². The molecule has 1 fully saturated rings. The van der Waals surface area contributed by atoms with Gasteiger partial charge in [0.1, 0.15) is 5.75 Å². The molecule has 1 aromatic heterocycles. The fourth-order valence-electron chi connectivity index (χ4n) is 3.83. The van der Waals surface area contributed by atoms with Crippen LogP contribution >= 0.6 is 0 Å². The molecule has 0 radical (unpaired) electrons. The molecule has 1 aromatic carbocycles. The first-order valence-corrected chi connectivity index (χ1v) is 9.70. The summed E-state index contributed by atoms with van der Waals surface area (Å²) in [5, 5.41) is 10.2. The van der Waals surface area contributed by atoms with Gasteiger partial charge in [0, 0.05) is 49.7 Å². The molecule has 1 aliphatic heterocycles. The molecule has 2 N–H and O–H groups in total. The lowest BCUT2D eigenvalue weighted by Crippen LogP contribution is -2.42. The van der Waals surface area contributed by atoms with E-state index in [1.54, 1.807) is 7.11 Å². The average Bonchev–Trinajstić information content (AvgIpc) is 3.17. The molecule has 7 heteroatoms. The van der Waals surface area contributed by atoms with E-state index < -0.39 is 0 Å². The summed E-state index contributed by atoms with van der Waals surface area (Å²) in [4.78, 5) is 25.5. The molecule has 28 heavy (non-hydrogen) atoms. The molecule has 0 bridgehead atoms. The van der Waals surface area contributed by atoms with Crippen LogP contribution in [0.25, 0.3) is 11.1 Å². The average molecular weight is 384 g/mol. The standard InChI is InChI=1S/C21H28N4O3/c1-14(23-15(2)26)11-20(27)25-9-7-16(8-10-25)21-19(13-22-24-21)17-5-4-6-18(12-17)28-3/h4-6,12-14,16H,7-11H2,1-3H3,(H,22,24)(H,23,26). The SMILES string of the molecule is COc1cccc(-c2cn[nH]c2C2CCN(C(=O)CC(C)NC(C)=O)CC2)c1. The molecule has 1 atom stereocenters. The number of hydrogen-bond donors (Lipinski definition) is 2. The Bertz CT molecular complexity index is 825. The van der Waals surface area contributed by atoms with Gasteiger partial charge in [0.2, 0.25) is 11.8 Å². The smallest absolute Gasteiger partial charge is 0.224 e. The molecule has 1 unspecified atom stereocenters. The zero-order valence-electron chi connectivity index (χ0n) is 16.7. The van der Waals surface area contributed by atoms with Crippen molar-refractivity contribution in [1.29, 1.82) is 0 Å². The van der Waals surface area contributed by atoms with Gasteiger partial charge in [-0.25, -0.2) is 0 Å². The number of hydrogen-bond acceptors (Lipinski definition) is 4. The molecule has 1 saturated heterocycles. The van der Waals surface area contributed by atoms with Gasteiger partial charge in [0.15, 0.2) is 0 Å². The van der Waals surface area contributed by atoms with Crippen LogP contribution in [0.5, 0.6) is 5.75 Å². The number of nitrogens with zero attached hydrogens (tertiary/aromatic N) is 2. The number of aromatic nitrogens is 2. The molecule has 3 rings (SSSR count). The van der Waals surface area contributed by atoms with Gasteiger partial charge in [0.25, 0.3) is 0 Å². The van der Waals surface area contributed by atoms with E-state index in [1.165, 1.54) is 6.92 Å². The van der Waals surface area contributed by atoms with Crippen molar-refractivity contribution in [2.24, 2.45) is 0 Å². The van der Waals surface area contributed by atoms with E-state index in [4.69, 9.17) is 4.74 Å². The minimum atomic E-state index is -0.144. The Morgan fingerprint density at radius 2 is 2.11 bits per heavy atom. The number of piperidine rings is 1. The van der Waals surface area contributed by atoms with Crippen molar-refractivity contribution in [2.45, 2.75) is 45.1 Å². The summed E-state index contributed by atoms with van der Waals surface area (Å²) in [6.45, 7) is 4.76. The van der Waals surface area contributed by atoms with Crippen molar-refractivity contribution in [3.8, 4) is 16.9 Å². The number of amides is 2. The van der Waals surface area contributed by atoms with E-state index in [1.807, 2.05) is 36.2 Å². The number of methoxy groups -OCH3 is 1. The van der Waals surface area contributed by atoms with Crippen molar-refractivity contribution < 1.29 is 14.3 Å². The maximum atomic E-state index is 12.5. The highest BCUT2D eigenvalue weighted by atomic mass is 16.5. The minimum absolute atomic E-state index is 0.0947. The minimum Gasteiger partial charge on any atom is -0.497 e. The predicted octanol–water partition coefficient (Wildman–Crippen LogP) is 2.71. The van der Waals surface area contributed by atoms with Gasteiger partial charge in [-0.05, 0) is 37.5 Å². The van der Waals surface area contributed by atoms with E-state index >= 15 is 0 Å². The van der Waals surface area contributed by atoms with Crippen molar-refractivity contribution in [3.63, 3.8) is 0 Å². The van der Waals surface area contributed by atoms with E-state index in [-0.39, 0.29) is 17.9 Å². The van der Waals surface area contributed by atoms with Crippen molar-refractivity contribution >= 4 is 11.8 Å². The van der Waals surface area contributed by atoms with E-state index in [0.29, 0.717) is 25.4 Å². The molecule has 2 heterocycles. The highest BCUT2D eigenvalue weighted by Gasteiger charge is 2.27. The summed E-state index contributed by atoms with van der Waals surface area (Å²) in [6, 6.07) is 7.82. The van der Waals surface area contributed by atoms with Crippen LogP contribution < -0.4 is 10.1 Å². The highest BCUT2D eigenvalue weighted by Crippen LogP contribution is 2.35. The number of ether oxygens (including phenoxy) is 1. The number of carbonyl (C=O) groups excluding carboxylic acids is 2. The molecule has 2 amide bonds. The number of likely N-dealkylation sites (tertiary alicyclic amines) is 1. The number of H-pyrrole nitrogens is 1. The Balaban J connectivity index is 1.62. The lowest BCUT2D eigenvalue weighted by Gasteiger charge is -2.32. The van der Waals surface area contributed by atoms with Gasteiger partial charge in [-0.3, -0.25) is 14.7 Å². The van der Waals surface area contributed by atoms with Crippen molar-refractivity contribution in [2.75, 3.05) is 20.2 Å². The molecule has 150 valence electrons. The van der Waals surface area contributed by atoms with Crippen LogP contribution in [0.1, 0.15) is 44.7 Å². The Morgan fingerprint density at radius 1 is 1.36 bits per heavy atom. The summed E-state index contributed by atoms with van der Waals surface area (Å²) < 4.78 is 5.33. The largest absolute Gasteiger partial charge is 0.497 e. The van der Waals surface area contributed by atoms with Crippen LogP contribution in [0.2, 0.25) is 0 Å². The summed E-state index contributed by atoms with van der Waals surface area (Å²) >= 11 is 0. The first-order chi connectivity index (χ1) is 13.5. The van der Waals surface area contributed by atoms with Gasteiger partial charge in [0.05, 0.1) is 13.3 Å². The molecule has 0 spiro atoms. The van der Waals surface area contributed by atoms with E-state index in [9.17, 15) is 9.59 Å². The lowest BCUT2D eigenvalue weighted by atomic mass is 9.89. The number of nitrogens with one attached hydrogen (secondary N) is 2. The molecular formula is C21H28N4O3. The van der Waals surface area contributed by atoms with Crippen molar-refractivity contribution in [1.82, 2.24) is 20.4 Å². The van der Waals surface area contributed by atoms with Crippen LogP contribution in [-0.4, -0.2) is 53.2 Å². The van der Waals surface area contributed by atoms with Crippen molar-refractivity contribution in [3.05, 3.63) is 36.2 Å². The van der Waals surface area contributed by atoms with Gasteiger partial charge in [-0.2, -0.15) is 5.10 Å². The molecule has 0 aliphatic carbocycles. The molecule has 0 saturated carbocycles. The molecule has 7 nitrogen and oxygen atoms in total. The predicted molar refractivity (Wildman–Crippen MR) is 107 cm³/mol. The monoisotopic (exact) mass is 384 g/mol. The normalized spacial score (nSPS) is 15.9. The van der Waals surface area contributed by atoms with Gasteiger partial charge >= 0.3 is 0 Å². The second kappa shape index (κ2) is 8.91. The van der Waals surface area contributed by atoms with E-state index in [2.05, 4.69) is 21.6 Å². The highest BCUT2D eigenvalue weighted by molar-refractivity contribution is 5.79. The lowest BCUT2D eigenvalue weighted by molar-refractivity contribution is -0.132. The number of rotatable bonds is 6. The quantitative estimate of drug-likeness (QED) is 0.802. The second-order valence-electron chi connectivity index (χ2n) is 7.39. The summed E-state index contributed by atoms with van der Waals surface area (Å²) in [5.74, 6) is 1.14. The molecule has 1 aliphatic rings. The van der Waals surface area contributed by atoms with Crippen LogP contribution in [0.3, 0.4) is 0 Å². The summed E-state index contributed by atoms with van der Waals surface area (Å²) in [6.07, 6.45) is 3.97. The Kier molecular flexibility index (Phi) is 6.34. The Morgan fingerprint density at radius 3 is 2.79 bits per heavy atom. The van der Waals surface area contributed by atoms with Crippen LogP contribution in [0.15, 0.2) is 30.5 Å².